The normalized spacial score (nSPS) is 10.5. The van der Waals surface area contributed by atoms with Gasteiger partial charge in [0.25, 0.3) is 0 Å². The summed E-state index contributed by atoms with van der Waals surface area (Å²) in [5.41, 5.74) is 5.16. The van der Waals surface area contributed by atoms with Crippen molar-refractivity contribution in [2.75, 3.05) is 26.3 Å². The molecule has 0 unspecified atom stereocenters. The molecule has 4 heteroatoms. The second-order valence-electron chi connectivity index (χ2n) is 1.63. The van der Waals surface area contributed by atoms with E-state index < -0.39 is 0 Å². The van der Waals surface area contributed by atoms with Crippen LogP contribution in [0.25, 0.3) is 0 Å². The van der Waals surface area contributed by atoms with Gasteiger partial charge in [0.15, 0.2) is 0 Å². The van der Waals surface area contributed by atoms with Gasteiger partial charge in [0.2, 0.25) is 0 Å². The molecule has 0 aromatic rings. The van der Waals surface area contributed by atoms with E-state index in [9.17, 15) is 4.91 Å². The number of nitrogens with zero attached hydrogens (tertiary/aromatic N) is 1. The van der Waals surface area contributed by atoms with Gasteiger partial charge in [-0.3, -0.25) is 0 Å². The molecule has 0 aliphatic carbocycles. The second kappa shape index (κ2) is 8.26. The van der Waals surface area contributed by atoms with Gasteiger partial charge in [0, 0.05) is 6.54 Å². The van der Waals surface area contributed by atoms with Crippen LogP contribution in [0.15, 0.2) is 17.3 Å². The molecule has 0 aromatic heterocycles. The molecule has 0 rings (SSSR count). The SMILES string of the molecule is NCC=CCOCCN=O. The average molecular weight is 144 g/mol. The molecule has 0 spiro atoms. The molecule has 0 heterocycles. The van der Waals surface area contributed by atoms with Gasteiger partial charge >= 0.3 is 0 Å². The van der Waals surface area contributed by atoms with Crippen molar-refractivity contribution in [1.29, 1.82) is 0 Å². The van der Waals surface area contributed by atoms with E-state index in [1.54, 1.807) is 6.08 Å². The van der Waals surface area contributed by atoms with Crippen molar-refractivity contribution in [3.05, 3.63) is 17.1 Å². The largest absolute Gasteiger partial charge is 0.375 e. The number of hydrogen-bond donors (Lipinski definition) is 1. The lowest BCUT2D eigenvalue weighted by atomic mass is 10.5. The van der Waals surface area contributed by atoms with Gasteiger partial charge in [-0.15, -0.1) is 0 Å². The first-order chi connectivity index (χ1) is 4.91. The molecule has 0 amide bonds. The zero-order valence-electron chi connectivity index (χ0n) is 5.82. The predicted octanol–water partition coefficient (Wildman–Crippen LogP) is 0.284. The molecule has 0 saturated heterocycles. The lowest BCUT2D eigenvalue weighted by molar-refractivity contribution is 0.170. The number of ether oxygens (including phenoxy) is 1. The summed E-state index contributed by atoms with van der Waals surface area (Å²) in [7, 11) is 0. The Morgan fingerprint density at radius 1 is 1.50 bits per heavy atom. The van der Waals surface area contributed by atoms with Gasteiger partial charge < -0.3 is 10.5 Å². The Balaban J connectivity index is 2.89. The number of nitroso groups, excluding NO2 is 1. The van der Waals surface area contributed by atoms with Gasteiger partial charge in [-0.05, 0) is 0 Å². The topological polar surface area (TPSA) is 64.7 Å². The molecule has 0 bridgehead atoms. The first-order valence-corrected chi connectivity index (χ1v) is 3.13. The zero-order chi connectivity index (χ0) is 7.66. The van der Waals surface area contributed by atoms with Crippen LogP contribution in [0.3, 0.4) is 0 Å². The fourth-order valence-electron chi connectivity index (χ4n) is 0.417. The van der Waals surface area contributed by atoms with Crippen LogP contribution in [-0.4, -0.2) is 26.3 Å². The first kappa shape index (κ1) is 9.26. The molecular formula is C6H12N2O2. The van der Waals surface area contributed by atoms with E-state index in [0.29, 0.717) is 19.8 Å². The maximum absolute atomic E-state index is 9.53. The van der Waals surface area contributed by atoms with Gasteiger partial charge in [0.1, 0.15) is 6.54 Å². The van der Waals surface area contributed by atoms with Gasteiger partial charge in [-0.25, -0.2) is 0 Å². The van der Waals surface area contributed by atoms with E-state index in [1.807, 2.05) is 6.08 Å². The van der Waals surface area contributed by atoms with Crippen molar-refractivity contribution in [3.63, 3.8) is 0 Å². The molecule has 0 aromatic carbocycles. The lowest BCUT2D eigenvalue weighted by Gasteiger charge is -1.93. The van der Waals surface area contributed by atoms with Crippen LogP contribution >= 0.6 is 0 Å². The standard InChI is InChI=1S/C6H12N2O2/c7-3-1-2-5-10-6-4-8-9/h1-2H,3-7H2. The third kappa shape index (κ3) is 7.26. The summed E-state index contributed by atoms with van der Waals surface area (Å²) in [5.74, 6) is 0. The summed E-state index contributed by atoms with van der Waals surface area (Å²) in [4.78, 5) is 9.53. The van der Waals surface area contributed by atoms with Crippen molar-refractivity contribution in [3.8, 4) is 0 Å². The van der Waals surface area contributed by atoms with Gasteiger partial charge in [-0.1, -0.05) is 17.3 Å². The Hall–Kier alpha value is -0.740. The van der Waals surface area contributed by atoms with E-state index in [1.165, 1.54) is 0 Å². The summed E-state index contributed by atoms with van der Waals surface area (Å²) in [6.45, 7) is 1.64. The summed E-state index contributed by atoms with van der Waals surface area (Å²) in [6, 6.07) is 0. The van der Waals surface area contributed by atoms with E-state index >= 15 is 0 Å². The van der Waals surface area contributed by atoms with Crippen molar-refractivity contribution in [2.45, 2.75) is 0 Å². The third-order valence-corrected chi connectivity index (χ3v) is 0.844. The minimum atomic E-state index is 0.219. The Kier molecular flexibility index (Phi) is 7.65. The highest BCUT2D eigenvalue weighted by molar-refractivity contribution is 4.81. The highest BCUT2D eigenvalue weighted by Gasteiger charge is 1.81. The zero-order valence-corrected chi connectivity index (χ0v) is 5.82. The molecule has 0 aliphatic rings. The van der Waals surface area contributed by atoms with Crippen molar-refractivity contribution >= 4 is 0 Å². The molecule has 4 nitrogen and oxygen atoms in total. The number of hydrogen-bond acceptors (Lipinski definition) is 4. The summed E-state index contributed by atoms with van der Waals surface area (Å²) in [5, 5.41) is 2.63. The number of rotatable bonds is 6. The predicted molar refractivity (Wildman–Crippen MR) is 39.7 cm³/mol. The molecule has 0 saturated carbocycles. The van der Waals surface area contributed by atoms with Crippen LogP contribution in [0.5, 0.6) is 0 Å². The maximum atomic E-state index is 9.53. The molecule has 10 heavy (non-hydrogen) atoms. The molecule has 0 aliphatic heterocycles. The Morgan fingerprint density at radius 3 is 2.90 bits per heavy atom. The van der Waals surface area contributed by atoms with Crippen LogP contribution < -0.4 is 5.73 Å². The van der Waals surface area contributed by atoms with Crippen molar-refractivity contribution in [2.24, 2.45) is 10.9 Å². The summed E-state index contributed by atoms with van der Waals surface area (Å²) < 4.78 is 4.94. The quantitative estimate of drug-likeness (QED) is 0.331. The molecular weight excluding hydrogens is 132 g/mol. The fraction of sp³-hybridized carbons (Fsp3) is 0.667. The fourth-order valence-corrected chi connectivity index (χ4v) is 0.417. The summed E-state index contributed by atoms with van der Waals surface area (Å²) in [6.07, 6.45) is 3.61. The average Bonchev–Trinajstić information content (AvgIpc) is 1.97. The highest BCUT2D eigenvalue weighted by atomic mass is 16.5. The molecule has 58 valence electrons. The highest BCUT2D eigenvalue weighted by Crippen LogP contribution is 1.77. The van der Waals surface area contributed by atoms with E-state index in [0.717, 1.165) is 0 Å². The Labute approximate surface area is 60.0 Å². The van der Waals surface area contributed by atoms with Crippen molar-refractivity contribution in [1.82, 2.24) is 0 Å². The molecule has 0 fully saturated rings. The molecule has 0 atom stereocenters. The van der Waals surface area contributed by atoms with Crippen LogP contribution in [0, 0.1) is 4.91 Å². The molecule has 0 radical (unpaired) electrons. The van der Waals surface area contributed by atoms with Crippen molar-refractivity contribution < 1.29 is 4.74 Å². The van der Waals surface area contributed by atoms with E-state index in [-0.39, 0.29) is 6.54 Å². The minimum absolute atomic E-state index is 0.219. The first-order valence-electron chi connectivity index (χ1n) is 3.13. The Bertz CT molecular complexity index is 104. The number of nitrogens with two attached hydrogens (primary N) is 1. The smallest absolute Gasteiger partial charge is 0.104 e. The minimum Gasteiger partial charge on any atom is -0.375 e. The van der Waals surface area contributed by atoms with E-state index in [4.69, 9.17) is 10.5 Å². The Morgan fingerprint density at radius 2 is 2.30 bits per heavy atom. The lowest BCUT2D eigenvalue weighted by Crippen LogP contribution is -1.98. The monoisotopic (exact) mass is 144 g/mol. The second-order valence-corrected chi connectivity index (χ2v) is 1.63. The van der Waals surface area contributed by atoms with Gasteiger partial charge in [0.05, 0.1) is 13.2 Å². The van der Waals surface area contributed by atoms with Crippen LogP contribution in [0.4, 0.5) is 0 Å². The summed E-state index contributed by atoms with van der Waals surface area (Å²) >= 11 is 0. The van der Waals surface area contributed by atoms with Crippen LogP contribution in [0.2, 0.25) is 0 Å². The third-order valence-electron chi connectivity index (χ3n) is 0.844. The molecule has 2 N–H and O–H groups in total. The van der Waals surface area contributed by atoms with Crippen LogP contribution in [-0.2, 0) is 4.74 Å². The maximum Gasteiger partial charge on any atom is 0.104 e. The van der Waals surface area contributed by atoms with E-state index in [2.05, 4.69) is 5.18 Å². The van der Waals surface area contributed by atoms with Crippen LogP contribution in [0.1, 0.15) is 0 Å². The van der Waals surface area contributed by atoms with Gasteiger partial charge in [-0.2, -0.15) is 4.91 Å².